The van der Waals surface area contributed by atoms with Gasteiger partial charge >= 0.3 is 6.18 Å². The average molecular weight is 483 g/mol. The lowest BCUT2D eigenvalue weighted by Gasteiger charge is -2.15. The van der Waals surface area contributed by atoms with Crippen molar-refractivity contribution in [3.63, 3.8) is 0 Å². The molecule has 2 aromatic rings. The molecule has 0 radical (unpaired) electrons. The largest absolute Gasteiger partial charge is 0.416 e. The van der Waals surface area contributed by atoms with Crippen LogP contribution in [-0.4, -0.2) is 35.4 Å². The fourth-order valence-corrected chi connectivity index (χ4v) is 4.12. The Morgan fingerprint density at radius 2 is 1.94 bits per heavy atom. The first-order valence-corrected chi connectivity index (χ1v) is 10.5. The lowest BCUT2D eigenvalue weighted by molar-refractivity contribution is -0.138. The predicted molar refractivity (Wildman–Crippen MR) is 120 cm³/mol. The summed E-state index contributed by atoms with van der Waals surface area (Å²) in [5.41, 5.74) is 6.01. The first-order chi connectivity index (χ1) is 15.1. The van der Waals surface area contributed by atoms with Gasteiger partial charge in [0.15, 0.2) is 0 Å². The Hall–Kier alpha value is -2.82. The number of anilines is 1. The lowest BCUT2D eigenvalue weighted by Crippen LogP contribution is -2.33. The molecule has 4 N–H and O–H groups in total. The summed E-state index contributed by atoms with van der Waals surface area (Å²) >= 11 is 6.51. The molecule has 0 spiro atoms. The zero-order chi connectivity index (χ0) is 23.5. The second kappa shape index (κ2) is 9.76. The molecule has 3 rings (SSSR count). The minimum Gasteiger partial charge on any atom is -0.380 e. The van der Waals surface area contributed by atoms with E-state index < -0.39 is 22.9 Å². The normalized spacial score (nSPS) is 15.5. The van der Waals surface area contributed by atoms with Gasteiger partial charge in [-0.2, -0.15) is 13.2 Å². The smallest absolute Gasteiger partial charge is 0.380 e. The van der Waals surface area contributed by atoms with E-state index in [1.165, 1.54) is 18.2 Å². The summed E-state index contributed by atoms with van der Waals surface area (Å²) in [6, 6.07) is 8.38. The van der Waals surface area contributed by atoms with E-state index >= 15 is 0 Å². The van der Waals surface area contributed by atoms with Crippen molar-refractivity contribution < 1.29 is 22.8 Å². The number of nitrogens with one attached hydrogen (secondary N) is 2. The number of carbonyl (C=O) groups excluding carboxylic acids is 2. The summed E-state index contributed by atoms with van der Waals surface area (Å²) in [5.74, 6) is -0.438. The van der Waals surface area contributed by atoms with Gasteiger partial charge in [0.1, 0.15) is 0 Å². The van der Waals surface area contributed by atoms with Gasteiger partial charge in [-0.3, -0.25) is 14.5 Å². The summed E-state index contributed by atoms with van der Waals surface area (Å²) < 4.78 is 39.9. The summed E-state index contributed by atoms with van der Waals surface area (Å²) in [6.45, 7) is 0.151. The minimum atomic E-state index is -4.55. The highest BCUT2D eigenvalue weighted by molar-refractivity contribution is 8.18. The summed E-state index contributed by atoms with van der Waals surface area (Å²) in [4.78, 5) is 25.6. The van der Waals surface area contributed by atoms with Gasteiger partial charge < -0.3 is 16.5 Å². The third-order valence-corrected chi connectivity index (χ3v) is 5.74. The van der Waals surface area contributed by atoms with Crippen molar-refractivity contribution in [3.8, 4) is 0 Å². The Kier molecular flexibility index (Phi) is 7.27. The molecule has 0 aromatic heterocycles. The van der Waals surface area contributed by atoms with E-state index in [-0.39, 0.29) is 35.1 Å². The summed E-state index contributed by atoms with van der Waals surface area (Å²) in [6.07, 6.45) is -1.98. The second-order valence-corrected chi connectivity index (χ2v) is 8.20. The number of nitrogens with two attached hydrogens (primary N) is 1. The third-order valence-electron chi connectivity index (χ3n) is 4.60. The highest BCUT2D eigenvalue weighted by Crippen LogP contribution is 2.35. The van der Waals surface area contributed by atoms with Crippen molar-refractivity contribution in [1.29, 1.82) is 5.41 Å². The van der Waals surface area contributed by atoms with Crippen LogP contribution in [0.3, 0.4) is 0 Å². The molecule has 1 saturated heterocycles. The SMILES string of the molecule is N=Cc1cc(C=C2SC(=O)N(CCN)C2=O)ccc1NCc1ccc(Cl)cc1C(F)(F)F. The quantitative estimate of drug-likeness (QED) is 0.382. The van der Waals surface area contributed by atoms with Gasteiger partial charge in [-0.1, -0.05) is 23.7 Å². The first kappa shape index (κ1) is 23.8. The van der Waals surface area contributed by atoms with Crippen LogP contribution in [0.5, 0.6) is 0 Å². The molecule has 2 aromatic carbocycles. The van der Waals surface area contributed by atoms with Crippen molar-refractivity contribution in [3.05, 3.63) is 68.6 Å². The molecule has 0 bridgehead atoms. The van der Waals surface area contributed by atoms with Crippen LogP contribution in [-0.2, 0) is 17.5 Å². The monoisotopic (exact) mass is 482 g/mol. The fourth-order valence-electron chi connectivity index (χ4n) is 3.08. The zero-order valence-corrected chi connectivity index (χ0v) is 18.1. The molecule has 2 amide bonds. The number of imide groups is 1. The van der Waals surface area contributed by atoms with Crippen molar-refractivity contribution in [2.75, 3.05) is 18.4 Å². The topological polar surface area (TPSA) is 99.3 Å². The van der Waals surface area contributed by atoms with Crippen LogP contribution in [0.4, 0.5) is 23.7 Å². The molecule has 0 aliphatic carbocycles. The molecule has 0 atom stereocenters. The Morgan fingerprint density at radius 1 is 1.19 bits per heavy atom. The highest BCUT2D eigenvalue weighted by atomic mass is 35.5. The second-order valence-electron chi connectivity index (χ2n) is 6.77. The first-order valence-electron chi connectivity index (χ1n) is 9.33. The van der Waals surface area contributed by atoms with Crippen LogP contribution >= 0.6 is 23.4 Å². The molecule has 1 aliphatic heterocycles. The van der Waals surface area contributed by atoms with Gasteiger partial charge in [-0.15, -0.1) is 0 Å². The standard InChI is InChI=1S/C21H18ClF3N4O2S/c22-15-3-2-13(16(9-15)21(23,24)25)11-28-17-4-1-12(7-14(17)10-27)8-18-19(30)29(6-5-26)20(31)32-18/h1-4,7-10,27-28H,5-6,11,26H2. The number of alkyl halides is 3. The van der Waals surface area contributed by atoms with Crippen molar-refractivity contribution in [2.24, 2.45) is 5.73 Å². The highest BCUT2D eigenvalue weighted by Gasteiger charge is 2.34. The molecule has 1 fully saturated rings. The number of hydrogen-bond acceptors (Lipinski definition) is 6. The molecule has 1 heterocycles. The van der Waals surface area contributed by atoms with Crippen molar-refractivity contribution in [1.82, 2.24) is 4.90 Å². The molecule has 11 heteroatoms. The number of nitrogens with zero attached hydrogens (tertiary/aromatic N) is 1. The van der Waals surface area contributed by atoms with E-state index in [4.69, 9.17) is 22.7 Å². The van der Waals surface area contributed by atoms with Crippen molar-refractivity contribution in [2.45, 2.75) is 12.7 Å². The summed E-state index contributed by atoms with van der Waals surface area (Å²) in [5, 5.41) is 10.1. The maximum Gasteiger partial charge on any atom is 0.416 e. The third kappa shape index (κ3) is 5.32. The van der Waals surface area contributed by atoms with Crippen LogP contribution in [0.2, 0.25) is 5.02 Å². The molecule has 0 saturated carbocycles. The molecular weight excluding hydrogens is 465 g/mol. The molecule has 6 nitrogen and oxygen atoms in total. The van der Waals surface area contributed by atoms with Gasteiger partial charge in [0.05, 0.1) is 10.5 Å². The Labute approximate surface area is 191 Å². The predicted octanol–water partition coefficient (Wildman–Crippen LogP) is 4.96. The average Bonchev–Trinajstić information content (AvgIpc) is 3.00. The van der Waals surface area contributed by atoms with Crippen LogP contribution in [0.15, 0.2) is 41.3 Å². The van der Waals surface area contributed by atoms with E-state index in [1.807, 2.05) is 0 Å². The number of thioether (sulfide) groups is 1. The Balaban J connectivity index is 1.81. The van der Waals surface area contributed by atoms with E-state index in [1.54, 1.807) is 18.2 Å². The maximum atomic E-state index is 13.3. The zero-order valence-electron chi connectivity index (χ0n) is 16.5. The van der Waals surface area contributed by atoms with Crippen LogP contribution < -0.4 is 11.1 Å². The van der Waals surface area contributed by atoms with E-state index in [0.29, 0.717) is 16.8 Å². The Bertz CT molecular complexity index is 1100. The molecular formula is C21H18ClF3N4O2S. The summed E-state index contributed by atoms with van der Waals surface area (Å²) in [7, 11) is 0. The van der Waals surface area contributed by atoms with Gasteiger partial charge in [0, 0.05) is 42.1 Å². The molecule has 168 valence electrons. The minimum absolute atomic E-state index is 0.00971. The van der Waals surface area contributed by atoms with Gasteiger partial charge in [-0.05, 0) is 53.2 Å². The van der Waals surface area contributed by atoms with E-state index in [2.05, 4.69) is 5.32 Å². The number of halogens is 4. The molecule has 32 heavy (non-hydrogen) atoms. The Morgan fingerprint density at radius 3 is 2.59 bits per heavy atom. The van der Waals surface area contributed by atoms with Crippen molar-refractivity contribution >= 4 is 52.5 Å². The fraction of sp³-hybridized carbons (Fsp3) is 0.190. The number of rotatable bonds is 7. The van der Waals surface area contributed by atoms with Crippen LogP contribution in [0, 0.1) is 5.41 Å². The van der Waals surface area contributed by atoms with E-state index in [9.17, 15) is 22.8 Å². The lowest BCUT2D eigenvalue weighted by atomic mass is 10.1. The van der Waals surface area contributed by atoms with Crippen LogP contribution in [0.25, 0.3) is 6.08 Å². The van der Waals surface area contributed by atoms with E-state index in [0.717, 1.165) is 28.9 Å². The van der Waals surface area contributed by atoms with Gasteiger partial charge in [0.25, 0.3) is 11.1 Å². The maximum absolute atomic E-state index is 13.3. The molecule has 0 unspecified atom stereocenters. The molecule has 1 aliphatic rings. The number of hydrogen-bond donors (Lipinski definition) is 3. The number of amides is 2. The number of benzene rings is 2. The van der Waals surface area contributed by atoms with Gasteiger partial charge in [0.2, 0.25) is 0 Å². The van der Waals surface area contributed by atoms with Crippen LogP contribution in [0.1, 0.15) is 22.3 Å². The number of carbonyl (C=O) groups is 2. The van der Waals surface area contributed by atoms with Gasteiger partial charge in [-0.25, -0.2) is 0 Å².